The predicted octanol–water partition coefficient (Wildman–Crippen LogP) is 2.15. The van der Waals surface area contributed by atoms with Crippen molar-refractivity contribution in [2.45, 2.75) is 19.9 Å². The van der Waals surface area contributed by atoms with Crippen LogP contribution in [0.25, 0.3) is 11.1 Å². The summed E-state index contributed by atoms with van der Waals surface area (Å²) in [6, 6.07) is 8.14. The molecule has 0 saturated carbocycles. The van der Waals surface area contributed by atoms with Crippen molar-refractivity contribution >= 4 is 5.95 Å². The molecule has 0 fully saturated rings. The monoisotopic (exact) mass is 240 g/mol. The van der Waals surface area contributed by atoms with E-state index < -0.39 is 0 Å². The van der Waals surface area contributed by atoms with E-state index in [-0.39, 0.29) is 0 Å². The fraction of sp³-hybridized carbons (Fsp3) is 0.286. The fourth-order valence-corrected chi connectivity index (χ4v) is 2.38. The van der Waals surface area contributed by atoms with Crippen LogP contribution in [0, 0.1) is 12.3 Å². The van der Waals surface area contributed by atoms with Crippen LogP contribution >= 0.6 is 0 Å². The number of nitrogens with zero attached hydrogens (tertiary/aromatic N) is 2. The van der Waals surface area contributed by atoms with Crippen LogP contribution in [0.15, 0.2) is 30.5 Å². The second-order valence-corrected chi connectivity index (χ2v) is 4.59. The number of nitrogens with one attached hydrogen (secondary N) is 2. The minimum atomic E-state index is 0.543. The van der Waals surface area contributed by atoms with Crippen LogP contribution in [-0.2, 0) is 6.54 Å². The molecule has 0 aliphatic carbocycles. The van der Waals surface area contributed by atoms with E-state index in [1.807, 2.05) is 22.8 Å². The molecular weight excluding hydrogens is 224 g/mol. The molecule has 1 aliphatic rings. The van der Waals surface area contributed by atoms with Crippen molar-refractivity contribution in [1.82, 2.24) is 9.55 Å². The number of rotatable bonds is 1. The van der Waals surface area contributed by atoms with Crippen molar-refractivity contribution in [3.63, 3.8) is 0 Å². The summed E-state index contributed by atoms with van der Waals surface area (Å²) in [5.74, 6) is 0.809. The minimum absolute atomic E-state index is 0.543. The molecule has 0 atom stereocenters. The minimum Gasteiger partial charge on any atom is -0.356 e. The number of hydrogen-bond donors (Lipinski definition) is 2. The highest BCUT2D eigenvalue weighted by Crippen LogP contribution is 2.20. The van der Waals surface area contributed by atoms with Crippen LogP contribution in [0.4, 0.5) is 5.95 Å². The van der Waals surface area contributed by atoms with Gasteiger partial charge in [-0.05, 0) is 24.5 Å². The normalized spacial score (nSPS) is 13.8. The van der Waals surface area contributed by atoms with Gasteiger partial charge in [-0.15, -0.1) is 0 Å². The van der Waals surface area contributed by atoms with Gasteiger partial charge in [0.2, 0.25) is 5.95 Å². The van der Waals surface area contributed by atoms with E-state index in [9.17, 15) is 0 Å². The summed E-state index contributed by atoms with van der Waals surface area (Å²) < 4.78 is 1.95. The van der Waals surface area contributed by atoms with Crippen LogP contribution < -0.4 is 10.8 Å². The Morgan fingerprint density at radius 2 is 2.11 bits per heavy atom. The molecule has 3 rings (SSSR count). The maximum atomic E-state index is 8.34. The van der Waals surface area contributed by atoms with Gasteiger partial charge in [0.25, 0.3) is 0 Å². The average Bonchev–Trinajstić information content (AvgIpc) is 2.41. The molecule has 0 saturated heterocycles. The summed E-state index contributed by atoms with van der Waals surface area (Å²) in [5, 5.41) is 11.6. The summed E-state index contributed by atoms with van der Waals surface area (Å²) in [6.45, 7) is 3.88. The zero-order valence-electron chi connectivity index (χ0n) is 10.4. The molecular formula is C14H16N4. The van der Waals surface area contributed by atoms with Gasteiger partial charge in [-0.1, -0.05) is 24.3 Å². The van der Waals surface area contributed by atoms with Crippen LogP contribution in [-0.4, -0.2) is 16.1 Å². The lowest BCUT2D eigenvalue weighted by atomic mass is 10.0. The predicted molar refractivity (Wildman–Crippen MR) is 71.4 cm³/mol. The smallest absolute Gasteiger partial charge is 0.204 e. The number of aryl methyl sites for hydroxylation is 1. The molecule has 4 nitrogen and oxygen atoms in total. The largest absolute Gasteiger partial charge is 0.356 e. The van der Waals surface area contributed by atoms with Crippen molar-refractivity contribution in [2.24, 2.45) is 0 Å². The molecule has 2 heterocycles. The highest BCUT2D eigenvalue weighted by atomic mass is 15.2. The fourth-order valence-electron chi connectivity index (χ4n) is 2.38. The molecule has 0 radical (unpaired) electrons. The highest BCUT2D eigenvalue weighted by molar-refractivity contribution is 5.65. The van der Waals surface area contributed by atoms with Crippen molar-refractivity contribution in [1.29, 1.82) is 5.41 Å². The van der Waals surface area contributed by atoms with Crippen LogP contribution in [0.3, 0.4) is 0 Å². The third kappa shape index (κ3) is 1.70. The molecule has 2 aromatic rings. The van der Waals surface area contributed by atoms with Gasteiger partial charge in [0.05, 0.1) is 0 Å². The van der Waals surface area contributed by atoms with Crippen molar-refractivity contribution < 1.29 is 0 Å². The van der Waals surface area contributed by atoms with Gasteiger partial charge in [0.1, 0.15) is 5.49 Å². The Bertz CT molecular complexity index is 642. The van der Waals surface area contributed by atoms with Gasteiger partial charge < -0.3 is 5.32 Å². The first-order valence-electron chi connectivity index (χ1n) is 6.21. The Kier molecular flexibility index (Phi) is 2.63. The van der Waals surface area contributed by atoms with Gasteiger partial charge >= 0.3 is 0 Å². The Morgan fingerprint density at radius 1 is 1.28 bits per heavy atom. The van der Waals surface area contributed by atoms with E-state index >= 15 is 0 Å². The average molecular weight is 240 g/mol. The van der Waals surface area contributed by atoms with Crippen LogP contribution in [0.2, 0.25) is 0 Å². The van der Waals surface area contributed by atoms with E-state index in [4.69, 9.17) is 5.41 Å². The van der Waals surface area contributed by atoms with Crippen LogP contribution in [0.1, 0.15) is 12.0 Å². The Balaban J connectivity index is 2.20. The van der Waals surface area contributed by atoms with E-state index in [1.165, 1.54) is 5.56 Å². The summed E-state index contributed by atoms with van der Waals surface area (Å²) in [7, 11) is 0. The maximum absolute atomic E-state index is 8.34. The molecule has 1 aromatic carbocycles. The SMILES string of the molecule is Cc1ccccc1-c1cnc2n(c1=N)CCCN2. The quantitative estimate of drug-likeness (QED) is 0.802. The lowest BCUT2D eigenvalue weighted by Crippen LogP contribution is -2.31. The lowest BCUT2D eigenvalue weighted by molar-refractivity contribution is 0.585. The van der Waals surface area contributed by atoms with Gasteiger partial charge in [-0.2, -0.15) is 0 Å². The van der Waals surface area contributed by atoms with E-state index in [0.717, 1.165) is 36.6 Å². The van der Waals surface area contributed by atoms with Crippen molar-refractivity contribution in [3.05, 3.63) is 41.5 Å². The summed E-state index contributed by atoms with van der Waals surface area (Å²) in [5.41, 5.74) is 3.72. The molecule has 0 bridgehead atoms. The van der Waals surface area contributed by atoms with Gasteiger partial charge in [-0.3, -0.25) is 9.98 Å². The van der Waals surface area contributed by atoms with Gasteiger partial charge in [0, 0.05) is 24.8 Å². The van der Waals surface area contributed by atoms with Gasteiger partial charge in [0.15, 0.2) is 0 Å². The molecule has 0 amide bonds. The van der Waals surface area contributed by atoms with Crippen molar-refractivity contribution in [2.75, 3.05) is 11.9 Å². The highest BCUT2D eigenvalue weighted by Gasteiger charge is 2.13. The first-order chi connectivity index (χ1) is 8.77. The topological polar surface area (TPSA) is 53.7 Å². The van der Waals surface area contributed by atoms with E-state index in [0.29, 0.717) is 5.49 Å². The second kappa shape index (κ2) is 4.29. The second-order valence-electron chi connectivity index (χ2n) is 4.59. The third-order valence-electron chi connectivity index (χ3n) is 3.37. The Labute approximate surface area is 106 Å². The molecule has 0 spiro atoms. The number of anilines is 1. The summed E-state index contributed by atoms with van der Waals surface area (Å²) in [4.78, 5) is 4.43. The first kappa shape index (κ1) is 11.0. The first-order valence-corrected chi connectivity index (χ1v) is 6.21. The van der Waals surface area contributed by atoms with E-state index in [2.05, 4.69) is 23.3 Å². The number of aromatic nitrogens is 2. The number of fused-ring (bicyclic) bond motifs is 1. The third-order valence-corrected chi connectivity index (χ3v) is 3.37. The molecule has 92 valence electrons. The number of benzene rings is 1. The molecule has 1 aromatic heterocycles. The molecule has 1 aliphatic heterocycles. The van der Waals surface area contributed by atoms with Crippen molar-refractivity contribution in [3.8, 4) is 11.1 Å². The molecule has 2 N–H and O–H groups in total. The Hall–Kier alpha value is -2.10. The van der Waals surface area contributed by atoms with E-state index in [1.54, 1.807) is 6.20 Å². The Morgan fingerprint density at radius 3 is 2.94 bits per heavy atom. The summed E-state index contributed by atoms with van der Waals surface area (Å²) in [6.07, 6.45) is 2.84. The standard InChI is InChI=1S/C14H16N4/c1-10-5-2-3-6-11(10)12-9-17-14-16-7-4-8-18(14)13(12)15/h2-3,5-6,9,15H,4,7-8H2,1H3,(H,16,17). The molecule has 18 heavy (non-hydrogen) atoms. The summed E-state index contributed by atoms with van der Waals surface area (Å²) >= 11 is 0. The van der Waals surface area contributed by atoms with Gasteiger partial charge in [-0.25, -0.2) is 4.98 Å². The molecule has 4 heteroatoms. The van der Waals surface area contributed by atoms with Crippen LogP contribution in [0.5, 0.6) is 0 Å². The zero-order chi connectivity index (χ0) is 12.5. The lowest BCUT2D eigenvalue weighted by Gasteiger charge is -2.21. The number of hydrogen-bond acceptors (Lipinski definition) is 3. The zero-order valence-corrected chi connectivity index (χ0v) is 10.4. The molecule has 0 unspecified atom stereocenters. The maximum Gasteiger partial charge on any atom is 0.204 e.